The molecule has 0 unspecified atom stereocenters. The second-order valence-corrected chi connectivity index (χ2v) is 4.66. The highest BCUT2D eigenvalue weighted by molar-refractivity contribution is 6.08. The number of methoxy groups -OCH3 is 3. The Morgan fingerprint density at radius 1 is 1.04 bits per heavy atom. The summed E-state index contributed by atoms with van der Waals surface area (Å²) >= 11 is 0. The first kappa shape index (κ1) is 16.4. The average molecular weight is 314 g/mol. The normalized spacial score (nSPS) is 10.6. The van der Waals surface area contributed by atoms with Gasteiger partial charge >= 0.3 is 0 Å². The Balaban J connectivity index is 2.28. The number of carbonyl (C=O) groups is 1. The molecule has 2 rings (SSSR count). The number of carbonyl (C=O) groups excluding carboxylic acids is 1. The first-order valence-electron chi connectivity index (χ1n) is 6.91. The van der Waals surface area contributed by atoms with Gasteiger partial charge in [-0.2, -0.15) is 0 Å². The molecule has 5 heteroatoms. The van der Waals surface area contributed by atoms with Crippen LogP contribution in [0.15, 0.2) is 42.5 Å². The molecule has 0 heterocycles. The number of ether oxygens (including phenoxy) is 3. The summed E-state index contributed by atoms with van der Waals surface area (Å²) in [5, 5.41) is 9.89. The van der Waals surface area contributed by atoms with E-state index in [1.54, 1.807) is 37.5 Å². The molecule has 0 aliphatic heterocycles. The van der Waals surface area contributed by atoms with Crippen molar-refractivity contribution in [1.82, 2.24) is 0 Å². The molecule has 5 nitrogen and oxygen atoms in total. The maximum atomic E-state index is 12.2. The fraction of sp³-hybridized carbons (Fsp3) is 0.167. The summed E-state index contributed by atoms with van der Waals surface area (Å²) in [6, 6.07) is 9.91. The minimum atomic E-state index is -0.324. The Bertz CT molecular complexity index is 734. The number of benzene rings is 2. The van der Waals surface area contributed by atoms with Crippen molar-refractivity contribution < 1.29 is 24.1 Å². The third-order valence-corrected chi connectivity index (χ3v) is 3.32. The number of hydrogen-bond acceptors (Lipinski definition) is 5. The van der Waals surface area contributed by atoms with Crippen molar-refractivity contribution in [2.24, 2.45) is 0 Å². The highest BCUT2D eigenvalue weighted by Crippen LogP contribution is 2.32. The third kappa shape index (κ3) is 3.63. The van der Waals surface area contributed by atoms with Gasteiger partial charge in [-0.1, -0.05) is 12.1 Å². The molecule has 0 atom stereocenters. The van der Waals surface area contributed by atoms with E-state index in [-0.39, 0.29) is 17.1 Å². The average Bonchev–Trinajstić information content (AvgIpc) is 2.58. The van der Waals surface area contributed by atoms with Gasteiger partial charge in [-0.05, 0) is 30.4 Å². The van der Waals surface area contributed by atoms with Gasteiger partial charge in [-0.3, -0.25) is 4.79 Å². The molecule has 2 aromatic rings. The zero-order valence-corrected chi connectivity index (χ0v) is 13.2. The van der Waals surface area contributed by atoms with Crippen LogP contribution in [-0.2, 0) is 0 Å². The van der Waals surface area contributed by atoms with Crippen LogP contribution in [0.4, 0.5) is 0 Å². The van der Waals surface area contributed by atoms with Gasteiger partial charge in [0.2, 0.25) is 0 Å². The maximum absolute atomic E-state index is 12.2. The van der Waals surface area contributed by atoms with Gasteiger partial charge in [0.15, 0.2) is 17.3 Å². The molecule has 0 aliphatic rings. The van der Waals surface area contributed by atoms with E-state index in [1.165, 1.54) is 32.4 Å². The second kappa shape index (κ2) is 7.35. The van der Waals surface area contributed by atoms with Crippen molar-refractivity contribution in [2.75, 3.05) is 21.3 Å². The summed E-state index contributed by atoms with van der Waals surface area (Å²) in [7, 11) is 4.57. The van der Waals surface area contributed by atoms with E-state index in [0.717, 1.165) is 0 Å². The van der Waals surface area contributed by atoms with E-state index in [4.69, 9.17) is 14.2 Å². The predicted octanol–water partition coefficient (Wildman–Crippen LogP) is 3.31. The van der Waals surface area contributed by atoms with Crippen LogP contribution in [0.2, 0.25) is 0 Å². The summed E-state index contributed by atoms with van der Waals surface area (Å²) in [6.45, 7) is 0. The van der Waals surface area contributed by atoms with Gasteiger partial charge < -0.3 is 19.3 Å². The number of rotatable bonds is 6. The minimum absolute atomic E-state index is 0.128. The molecule has 0 bridgehead atoms. The third-order valence-electron chi connectivity index (χ3n) is 3.32. The first-order valence-corrected chi connectivity index (χ1v) is 6.91. The molecule has 0 radical (unpaired) electrons. The van der Waals surface area contributed by atoms with E-state index >= 15 is 0 Å². The van der Waals surface area contributed by atoms with Crippen LogP contribution >= 0.6 is 0 Å². The van der Waals surface area contributed by atoms with Gasteiger partial charge in [-0.25, -0.2) is 0 Å². The number of allylic oxidation sites excluding steroid dienone is 1. The Morgan fingerprint density at radius 2 is 1.83 bits per heavy atom. The monoisotopic (exact) mass is 314 g/mol. The largest absolute Gasteiger partial charge is 0.507 e. The summed E-state index contributed by atoms with van der Waals surface area (Å²) < 4.78 is 15.5. The maximum Gasteiger partial charge on any atom is 0.189 e. The molecule has 0 saturated heterocycles. The molecule has 0 aliphatic carbocycles. The first-order chi connectivity index (χ1) is 11.1. The van der Waals surface area contributed by atoms with Crippen LogP contribution in [0.5, 0.6) is 23.0 Å². The van der Waals surface area contributed by atoms with Gasteiger partial charge in [0.05, 0.1) is 26.9 Å². The van der Waals surface area contributed by atoms with Crippen molar-refractivity contribution >= 4 is 11.9 Å². The summed E-state index contributed by atoms with van der Waals surface area (Å²) in [5.41, 5.74) is 0.900. The van der Waals surface area contributed by atoms with E-state index < -0.39 is 0 Å². The Hall–Kier alpha value is -2.95. The smallest absolute Gasteiger partial charge is 0.189 e. The molecule has 0 aromatic heterocycles. The van der Waals surface area contributed by atoms with Gasteiger partial charge in [0.1, 0.15) is 11.5 Å². The molecule has 2 aromatic carbocycles. The number of para-hydroxylation sites is 1. The number of phenolic OH excluding ortho intramolecular Hbond substituents is 1. The predicted molar refractivity (Wildman–Crippen MR) is 87.6 cm³/mol. The quantitative estimate of drug-likeness (QED) is 0.654. The number of ketones is 1. The summed E-state index contributed by atoms with van der Waals surface area (Å²) in [6.07, 6.45) is 2.99. The molecule has 0 spiro atoms. The number of aromatic hydroxyl groups is 1. The Kier molecular flexibility index (Phi) is 5.25. The lowest BCUT2D eigenvalue weighted by molar-refractivity contribution is 0.104. The van der Waals surface area contributed by atoms with E-state index in [9.17, 15) is 9.90 Å². The molecule has 0 saturated carbocycles. The van der Waals surface area contributed by atoms with Gasteiger partial charge in [0, 0.05) is 11.6 Å². The Morgan fingerprint density at radius 3 is 2.43 bits per heavy atom. The highest BCUT2D eigenvalue weighted by Gasteiger charge is 2.11. The topological polar surface area (TPSA) is 65.0 Å². The van der Waals surface area contributed by atoms with Crippen LogP contribution in [0.3, 0.4) is 0 Å². The van der Waals surface area contributed by atoms with Crippen LogP contribution in [0.25, 0.3) is 6.08 Å². The summed E-state index contributed by atoms with van der Waals surface area (Å²) in [5.74, 6) is 1.15. The lowest BCUT2D eigenvalue weighted by Crippen LogP contribution is -1.96. The molecular weight excluding hydrogens is 296 g/mol. The standard InChI is InChI=1S/C18H18O5/c1-21-13-8-9-14(16(20)11-13)15(19)10-7-12-5-4-6-17(22-2)18(12)23-3/h4-11,20H,1-3H3. The lowest BCUT2D eigenvalue weighted by atomic mass is 10.1. The van der Waals surface area contributed by atoms with Crippen LogP contribution in [0.1, 0.15) is 15.9 Å². The molecule has 0 fully saturated rings. The minimum Gasteiger partial charge on any atom is -0.507 e. The fourth-order valence-corrected chi connectivity index (χ4v) is 2.15. The van der Waals surface area contributed by atoms with Gasteiger partial charge in [0.25, 0.3) is 0 Å². The molecule has 120 valence electrons. The van der Waals surface area contributed by atoms with Crippen molar-refractivity contribution in [1.29, 1.82) is 0 Å². The zero-order chi connectivity index (χ0) is 16.8. The van der Waals surface area contributed by atoms with Crippen LogP contribution in [-0.4, -0.2) is 32.2 Å². The van der Waals surface area contributed by atoms with Crippen LogP contribution in [0, 0.1) is 0 Å². The molecule has 23 heavy (non-hydrogen) atoms. The molecular formula is C18H18O5. The zero-order valence-electron chi connectivity index (χ0n) is 13.2. The number of phenols is 1. The van der Waals surface area contributed by atoms with Gasteiger partial charge in [-0.15, -0.1) is 0 Å². The van der Waals surface area contributed by atoms with Crippen molar-refractivity contribution in [3.63, 3.8) is 0 Å². The van der Waals surface area contributed by atoms with Crippen molar-refractivity contribution in [3.8, 4) is 23.0 Å². The molecule has 0 amide bonds. The van der Waals surface area contributed by atoms with E-state index in [1.807, 2.05) is 0 Å². The summed E-state index contributed by atoms with van der Waals surface area (Å²) in [4.78, 5) is 12.2. The van der Waals surface area contributed by atoms with Crippen molar-refractivity contribution in [2.45, 2.75) is 0 Å². The second-order valence-electron chi connectivity index (χ2n) is 4.66. The SMILES string of the molecule is COc1ccc(C(=O)C=Cc2cccc(OC)c2OC)c(O)c1. The lowest BCUT2D eigenvalue weighted by Gasteiger charge is -2.09. The van der Waals surface area contributed by atoms with E-state index in [0.29, 0.717) is 22.8 Å². The number of hydrogen-bond donors (Lipinski definition) is 1. The van der Waals surface area contributed by atoms with Crippen LogP contribution < -0.4 is 14.2 Å². The fourth-order valence-electron chi connectivity index (χ4n) is 2.15. The van der Waals surface area contributed by atoms with Crippen molar-refractivity contribution in [3.05, 3.63) is 53.6 Å². The van der Waals surface area contributed by atoms with E-state index in [2.05, 4.69) is 0 Å². The molecule has 1 N–H and O–H groups in total. The highest BCUT2D eigenvalue weighted by atomic mass is 16.5. The Labute approximate surface area is 134 Å².